The van der Waals surface area contributed by atoms with Crippen LogP contribution >= 0.6 is 11.6 Å². The zero-order valence-corrected chi connectivity index (χ0v) is 20.6. The van der Waals surface area contributed by atoms with Gasteiger partial charge in [-0.05, 0) is 42.3 Å². The minimum atomic E-state index is -0.635. The smallest absolute Gasteiger partial charge is 0.379 e. The molecule has 0 spiro atoms. The summed E-state index contributed by atoms with van der Waals surface area (Å²) in [6.45, 7) is 2.06. The summed E-state index contributed by atoms with van der Waals surface area (Å²) in [5.74, 6) is -0.715. The standard InChI is InChI=1S/C29H22ClN3O4/c1-2-18-10-7-12-21-25(20-11-4-5-13-22(20)30)27(32-26(18)21)28(34)33-31-17-19-9-3-6-14-23(19)37-29(35)24-15-8-16-36-24/h3-17,32H,2H2,1H3,(H,33,34). The molecule has 0 fully saturated rings. The lowest BCUT2D eigenvalue weighted by molar-refractivity contribution is 0.0701. The van der Waals surface area contributed by atoms with Crippen molar-refractivity contribution < 1.29 is 18.7 Å². The van der Waals surface area contributed by atoms with Gasteiger partial charge in [0.15, 0.2) is 0 Å². The van der Waals surface area contributed by atoms with Gasteiger partial charge in [-0.1, -0.05) is 67.1 Å². The number of para-hydroxylation sites is 2. The monoisotopic (exact) mass is 511 g/mol. The number of aryl methyl sites for hydroxylation is 1. The molecule has 0 aliphatic heterocycles. The number of rotatable bonds is 7. The quantitative estimate of drug-likeness (QED) is 0.111. The number of hydrogen-bond donors (Lipinski definition) is 2. The topological polar surface area (TPSA) is 96.7 Å². The maximum absolute atomic E-state index is 13.3. The number of fused-ring (bicyclic) bond motifs is 1. The number of esters is 1. The third-order valence-corrected chi connectivity index (χ3v) is 6.21. The summed E-state index contributed by atoms with van der Waals surface area (Å²) in [5, 5.41) is 5.56. The maximum atomic E-state index is 13.3. The van der Waals surface area contributed by atoms with Crippen LogP contribution in [0.15, 0.2) is 94.6 Å². The van der Waals surface area contributed by atoms with Gasteiger partial charge in [0.05, 0.1) is 12.5 Å². The molecule has 37 heavy (non-hydrogen) atoms. The minimum Gasteiger partial charge on any atom is -0.457 e. The zero-order chi connectivity index (χ0) is 25.8. The predicted octanol–water partition coefficient (Wildman–Crippen LogP) is 6.63. The number of nitrogens with zero attached hydrogens (tertiary/aromatic N) is 1. The van der Waals surface area contributed by atoms with Crippen LogP contribution in [0.1, 0.15) is 39.1 Å². The number of amides is 1. The van der Waals surface area contributed by atoms with Crippen LogP contribution in [-0.2, 0) is 6.42 Å². The van der Waals surface area contributed by atoms with Gasteiger partial charge in [0.2, 0.25) is 5.76 Å². The van der Waals surface area contributed by atoms with E-state index < -0.39 is 11.9 Å². The van der Waals surface area contributed by atoms with Crippen LogP contribution in [-0.4, -0.2) is 23.1 Å². The van der Waals surface area contributed by atoms with Crippen LogP contribution in [0.5, 0.6) is 5.75 Å². The van der Waals surface area contributed by atoms with E-state index in [0.29, 0.717) is 21.8 Å². The molecule has 2 heterocycles. The number of H-pyrrole nitrogens is 1. The number of furan rings is 1. The summed E-state index contributed by atoms with van der Waals surface area (Å²) in [7, 11) is 0. The third kappa shape index (κ3) is 4.90. The molecular weight excluding hydrogens is 490 g/mol. The highest BCUT2D eigenvalue weighted by molar-refractivity contribution is 6.34. The fraction of sp³-hybridized carbons (Fsp3) is 0.0690. The summed E-state index contributed by atoms with van der Waals surface area (Å²) >= 11 is 6.52. The van der Waals surface area contributed by atoms with E-state index in [1.807, 2.05) is 36.4 Å². The summed E-state index contributed by atoms with van der Waals surface area (Å²) < 4.78 is 10.5. The summed E-state index contributed by atoms with van der Waals surface area (Å²) in [6.07, 6.45) is 3.61. The van der Waals surface area contributed by atoms with Gasteiger partial charge in [-0.3, -0.25) is 4.79 Å². The fourth-order valence-electron chi connectivity index (χ4n) is 4.13. The molecular formula is C29H22ClN3O4. The number of hydrazone groups is 1. The normalized spacial score (nSPS) is 11.2. The molecule has 2 N–H and O–H groups in total. The Labute approximate surface area is 217 Å². The summed E-state index contributed by atoms with van der Waals surface area (Å²) in [5.41, 5.74) is 6.84. The Morgan fingerprint density at radius 3 is 2.62 bits per heavy atom. The second-order valence-corrected chi connectivity index (χ2v) is 8.56. The van der Waals surface area contributed by atoms with Gasteiger partial charge in [-0.2, -0.15) is 5.10 Å². The van der Waals surface area contributed by atoms with E-state index in [0.717, 1.165) is 28.5 Å². The van der Waals surface area contributed by atoms with E-state index in [-0.39, 0.29) is 11.5 Å². The van der Waals surface area contributed by atoms with Gasteiger partial charge < -0.3 is 14.1 Å². The van der Waals surface area contributed by atoms with Gasteiger partial charge in [0.25, 0.3) is 5.91 Å². The first-order valence-corrected chi connectivity index (χ1v) is 12.0. The van der Waals surface area contributed by atoms with Crippen molar-refractivity contribution in [1.29, 1.82) is 0 Å². The Bertz CT molecular complexity index is 1620. The van der Waals surface area contributed by atoms with E-state index >= 15 is 0 Å². The molecule has 5 aromatic rings. The lowest BCUT2D eigenvalue weighted by Gasteiger charge is -2.07. The lowest BCUT2D eigenvalue weighted by Crippen LogP contribution is -2.19. The average molecular weight is 512 g/mol. The number of ether oxygens (including phenoxy) is 1. The highest BCUT2D eigenvalue weighted by Gasteiger charge is 2.22. The van der Waals surface area contributed by atoms with Crippen molar-refractivity contribution in [1.82, 2.24) is 10.4 Å². The molecule has 3 aromatic carbocycles. The van der Waals surface area contributed by atoms with Gasteiger partial charge in [0, 0.05) is 32.6 Å². The first-order valence-electron chi connectivity index (χ1n) is 11.6. The Balaban J connectivity index is 1.45. The van der Waals surface area contributed by atoms with Gasteiger partial charge in [0.1, 0.15) is 11.4 Å². The second kappa shape index (κ2) is 10.6. The molecule has 184 valence electrons. The molecule has 0 atom stereocenters. The van der Waals surface area contributed by atoms with Gasteiger partial charge in [-0.15, -0.1) is 0 Å². The highest BCUT2D eigenvalue weighted by Crippen LogP contribution is 2.37. The molecule has 0 radical (unpaired) electrons. The van der Waals surface area contributed by atoms with E-state index in [9.17, 15) is 9.59 Å². The highest BCUT2D eigenvalue weighted by atomic mass is 35.5. The number of aromatic nitrogens is 1. The van der Waals surface area contributed by atoms with E-state index in [4.69, 9.17) is 20.8 Å². The molecule has 0 aliphatic rings. The molecule has 0 saturated carbocycles. The van der Waals surface area contributed by atoms with Crippen molar-refractivity contribution in [3.63, 3.8) is 0 Å². The van der Waals surface area contributed by atoms with Crippen LogP contribution in [0.3, 0.4) is 0 Å². The molecule has 2 aromatic heterocycles. The number of hydrogen-bond acceptors (Lipinski definition) is 5. The third-order valence-electron chi connectivity index (χ3n) is 5.89. The van der Waals surface area contributed by atoms with E-state index in [2.05, 4.69) is 22.4 Å². The molecule has 8 heteroatoms. The number of carbonyl (C=O) groups excluding carboxylic acids is 2. The van der Waals surface area contributed by atoms with Crippen molar-refractivity contribution in [3.8, 4) is 16.9 Å². The number of nitrogens with one attached hydrogen (secondary N) is 2. The number of aromatic amines is 1. The number of carbonyl (C=O) groups is 2. The van der Waals surface area contributed by atoms with Crippen molar-refractivity contribution in [2.24, 2.45) is 5.10 Å². The van der Waals surface area contributed by atoms with Crippen LogP contribution in [0.2, 0.25) is 5.02 Å². The summed E-state index contributed by atoms with van der Waals surface area (Å²) in [4.78, 5) is 28.9. The Morgan fingerprint density at radius 2 is 1.84 bits per heavy atom. The van der Waals surface area contributed by atoms with Crippen molar-refractivity contribution in [3.05, 3.63) is 113 Å². The van der Waals surface area contributed by atoms with Gasteiger partial charge in [-0.25, -0.2) is 10.2 Å². The lowest BCUT2D eigenvalue weighted by atomic mass is 9.99. The van der Waals surface area contributed by atoms with Crippen LogP contribution in [0, 0.1) is 0 Å². The van der Waals surface area contributed by atoms with E-state index in [1.54, 1.807) is 36.4 Å². The fourth-order valence-corrected chi connectivity index (χ4v) is 4.36. The van der Waals surface area contributed by atoms with Crippen molar-refractivity contribution >= 4 is 40.6 Å². The SMILES string of the molecule is CCc1cccc2c(-c3ccccc3Cl)c(C(=O)NN=Cc3ccccc3OC(=O)c3ccco3)[nH]c12. The van der Waals surface area contributed by atoms with Crippen molar-refractivity contribution in [2.75, 3.05) is 0 Å². The predicted molar refractivity (Wildman–Crippen MR) is 143 cm³/mol. The Morgan fingerprint density at radius 1 is 1.03 bits per heavy atom. The minimum absolute atomic E-state index is 0.0809. The molecule has 5 rings (SSSR count). The van der Waals surface area contributed by atoms with Crippen molar-refractivity contribution in [2.45, 2.75) is 13.3 Å². The molecule has 0 unspecified atom stereocenters. The average Bonchev–Trinajstić information content (AvgIpc) is 3.58. The molecule has 7 nitrogen and oxygen atoms in total. The Kier molecular flexibility index (Phi) is 6.87. The van der Waals surface area contributed by atoms with E-state index in [1.165, 1.54) is 18.5 Å². The maximum Gasteiger partial charge on any atom is 0.379 e. The summed E-state index contributed by atoms with van der Waals surface area (Å²) in [6, 6.07) is 23.3. The molecule has 0 saturated heterocycles. The largest absolute Gasteiger partial charge is 0.457 e. The second-order valence-electron chi connectivity index (χ2n) is 8.15. The molecule has 1 amide bonds. The Hall–Kier alpha value is -4.62. The number of halogens is 1. The van der Waals surface area contributed by atoms with Gasteiger partial charge >= 0.3 is 5.97 Å². The van der Waals surface area contributed by atoms with Crippen LogP contribution in [0.4, 0.5) is 0 Å². The van der Waals surface area contributed by atoms with Crippen LogP contribution in [0.25, 0.3) is 22.0 Å². The van der Waals surface area contributed by atoms with Crippen LogP contribution < -0.4 is 10.2 Å². The molecule has 0 bridgehead atoms. The first-order chi connectivity index (χ1) is 18.1. The first kappa shape index (κ1) is 24.1. The molecule has 0 aliphatic carbocycles. The zero-order valence-electron chi connectivity index (χ0n) is 19.8. The number of benzene rings is 3.